The van der Waals surface area contributed by atoms with Gasteiger partial charge in [0.25, 0.3) is 5.91 Å². The number of aromatic nitrogens is 1. The molecule has 2 aromatic carbocycles. The fourth-order valence-corrected chi connectivity index (χ4v) is 3.00. The highest BCUT2D eigenvalue weighted by molar-refractivity contribution is 6.29. The number of halogens is 2. The molecule has 1 aliphatic rings. The van der Waals surface area contributed by atoms with Gasteiger partial charge in [-0.2, -0.15) is 4.99 Å². The van der Waals surface area contributed by atoms with Crippen molar-refractivity contribution in [3.8, 4) is 0 Å². The Morgan fingerprint density at radius 3 is 2.58 bits per heavy atom. The van der Waals surface area contributed by atoms with Crippen molar-refractivity contribution >= 4 is 29.0 Å². The molecule has 3 aromatic rings. The lowest BCUT2D eigenvalue weighted by molar-refractivity contribution is 0.100. The van der Waals surface area contributed by atoms with Crippen LogP contribution in [0.4, 0.5) is 10.1 Å². The van der Waals surface area contributed by atoms with Gasteiger partial charge in [-0.3, -0.25) is 4.79 Å². The van der Waals surface area contributed by atoms with E-state index in [-0.39, 0.29) is 5.82 Å². The summed E-state index contributed by atoms with van der Waals surface area (Å²) in [5.74, 6) is -0.188. The number of carbonyl (C=O) groups excluding carboxylic acids is 1. The molecule has 6 heteroatoms. The van der Waals surface area contributed by atoms with Crippen LogP contribution >= 0.6 is 11.6 Å². The Hall–Kier alpha value is -3.05. The van der Waals surface area contributed by atoms with Crippen LogP contribution in [-0.4, -0.2) is 16.7 Å². The van der Waals surface area contributed by atoms with Gasteiger partial charge in [0.15, 0.2) is 0 Å². The zero-order chi connectivity index (χ0) is 18.1. The lowest BCUT2D eigenvalue weighted by Crippen LogP contribution is -2.25. The van der Waals surface area contributed by atoms with Gasteiger partial charge in [-0.25, -0.2) is 9.37 Å². The van der Waals surface area contributed by atoms with Crippen LogP contribution in [0.2, 0.25) is 5.15 Å². The molecule has 4 rings (SSSR count). The van der Waals surface area contributed by atoms with Crippen molar-refractivity contribution in [1.29, 1.82) is 0 Å². The molecule has 1 aromatic heterocycles. The average Bonchev–Trinajstić information content (AvgIpc) is 3.01. The highest BCUT2D eigenvalue weighted by atomic mass is 35.5. The number of amides is 1. The molecule has 0 atom stereocenters. The number of carbonyl (C=O) groups is 1. The lowest BCUT2D eigenvalue weighted by Gasteiger charge is -2.19. The van der Waals surface area contributed by atoms with E-state index in [9.17, 15) is 9.18 Å². The van der Waals surface area contributed by atoms with E-state index in [2.05, 4.69) is 9.98 Å². The molecule has 0 saturated heterocycles. The number of aliphatic imine (C=N–C) groups is 1. The summed E-state index contributed by atoms with van der Waals surface area (Å²) in [6.45, 7) is 0.562. The van der Waals surface area contributed by atoms with Crippen LogP contribution in [-0.2, 0) is 6.54 Å². The molecule has 0 saturated carbocycles. The van der Waals surface area contributed by atoms with Crippen molar-refractivity contribution in [1.82, 2.24) is 4.98 Å². The summed E-state index contributed by atoms with van der Waals surface area (Å²) in [6.07, 6.45) is 1.40. The van der Waals surface area contributed by atoms with E-state index in [1.165, 1.54) is 18.3 Å². The summed E-state index contributed by atoms with van der Waals surface area (Å²) < 4.78 is 13.3. The van der Waals surface area contributed by atoms with Crippen molar-refractivity contribution in [3.63, 3.8) is 0 Å². The molecule has 0 spiro atoms. The molecule has 1 amide bonds. The standard InChI is InChI=1S/C20H13ClFN3O/c21-18-10-5-13(11-23-18)20(26)24-19-17-4-2-1-3-14(17)12-25(19)16-8-6-15(22)7-9-16/h1-11H,12H2. The van der Waals surface area contributed by atoms with Gasteiger partial charge in [-0.15, -0.1) is 0 Å². The molecule has 0 fully saturated rings. The molecule has 2 heterocycles. The normalized spacial score (nSPS) is 14.5. The second kappa shape index (κ2) is 6.69. The maximum atomic E-state index is 13.3. The summed E-state index contributed by atoms with van der Waals surface area (Å²) in [7, 11) is 0. The third-order valence-electron chi connectivity index (χ3n) is 4.16. The van der Waals surface area contributed by atoms with Gasteiger partial charge >= 0.3 is 0 Å². The SMILES string of the molecule is O=C(N=C1c2ccccc2CN1c1ccc(F)cc1)c1ccc(Cl)nc1. The Morgan fingerprint density at radius 2 is 1.85 bits per heavy atom. The van der Waals surface area contributed by atoms with E-state index in [0.717, 1.165) is 16.8 Å². The van der Waals surface area contributed by atoms with Gasteiger partial charge in [0, 0.05) is 17.4 Å². The molecule has 0 N–H and O–H groups in total. The zero-order valence-electron chi connectivity index (χ0n) is 13.6. The molecule has 128 valence electrons. The van der Waals surface area contributed by atoms with E-state index in [4.69, 9.17) is 11.6 Å². The average molecular weight is 366 g/mol. The van der Waals surface area contributed by atoms with Gasteiger partial charge in [0.05, 0.1) is 12.1 Å². The third-order valence-corrected chi connectivity index (χ3v) is 4.39. The zero-order valence-corrected chi connectivity index (χ0v) is 14.3. The second-order valence-corrected chi connectivity index (χ2v) is 6.22. The van der Waals surface area contributed by atoms with Gasteiger partial charge < -0.3 is 4.90 Å². The van der Waals surface area contributed by atoms with E-state index < -0.39 is 5.91 Å². The van der Waals surface area contributed by atoms with Crippen LogP contribution in [0.15, 0.2) is 71.9 Å². The van der Waals surface area contributed by atoms with Crippen molar-refractivity contribution in [2.45, 2.75) is 6.54 Å². The number of rotatable bonds is 2. The first-order chi connectivity index (χ1) is 12.6. The van der Waals surface area contributed by atoms with E-state index in [1.54, 1.807) is 24.3 Å². The number of benzene rings is 2. The molecular weight excluding hydrogens is 353 g/mol. The molecule has 0 aliphatic carbocycles. The highest BCUT2D eigenvalue weighted by Crippen LogP contribution is 2.29. The Labute approximate surface area is 154 Å². The van der Waals surface area contributed by atoms with Gasteiger partial charge in [0.1, 0.15) is 16.8 Å². The molecule has 0 bridgehead atoms. The van der Waals surface area contributed by atoms with Gasteiger partial charge in [0.2, 0.25) is 0 Å². The number of nitrogens with zero attached hydrogens (tertiary/aromatic N) is 3. The minimum absolute atomic E-state index is 0.313. The third kappa shape index (κ3) is 3.09. The van der Waals surface area contributed by atoms with Crippen LogP contribution in [0.25, 0.3) is 0 Å². The quantitative estimate of drug-likeness (QED) is 0.629. The minimum Gasteiger partial charge on any atom is -0.321 e. The number of fused-ring (bicyclic) bond motifs is 1. The molecule has 4 nitrogen and oxygen atoms in total. The smallest absolute Gasteiger partial charge is 0.280 e. The summed E-state index contributed by atoms with van der Waals surface area (Å²) in [5, 5.41) is 0.313. The first-order valence-corrected chi connectivity index (χ1v) is 8.35. The number of anilines is 1. The maximum Gasteiger partial charge on any atom is 0.280 e. The predicted octanol–water partition coefficient (Wildman–Crippen LogP) is 4.48. The topological polar surface area (TPSA) is 45.6 Å². The molecule has 1 aliphatic heterocycles. The fraction of sp³-hybridized carbons (Fsp3) is 0.0500. The molecule has 0 radical (unpaired) electrons. The van der Waals surface area contributed by atoms with Gasteiger partial charge in [-0.1, -0.05) is 35.9 Å². The van der Waals surface area contributed by atoms with Crippen LogP contribution in [0.1, 0.15) is 21.5 Å². The summed E-state index contributed by atoms with van der Waals surface area (Å²) in [4.78, 5) is 22.7. The van der Waals surface area contributed by atoms with Crippen LogP contribution in [0, 0.1) is 5.82 Å². The monoisotopic (exact) mass is 365 g/mol. The van der Waals surface area contributed by atoms with E-state index in [0.29, 0.717) is 23.1 Å². The van der Waals surface area contributed by atoms with Crippen LogP contribution in [0.3, 0.4) is 0 Å². The molecule has 0 unspecified atom stereocenters. The molecule has 26 heavy (non-hydrogen) atoms. The summed E-state index contributed by atoms with van der Waals surface area (Å²) >= 11 is 5.77. The van der Waals surface area contributed by atoms with Crippen LogP contribution in [0.5, 0.6) is 0 Å². The number of hydrogen-bond acceptors (Lipinski definition) is 2. The predicted molar refractivity (Wildman–Crippen MR) is 99.1 cm³/mol. The number of hydrogen-bond donors (Lipinski definition) is 0. The van der Waals surface area contributed by atoms with Crippen molar-refractivity contribution < 1.29 is 9.18 Å². The Kier molecular flexibility index (Phi) is 4.22. The second-order valence-electron chi connectivity index (χ2n) is 5.83. The van der Waals surface area contributed by atoms with Crippen LogP contribution < -0.4 is 4.90 Å². The molecular formula is C20H13ClFN3O. The Morgan fingerprint density at radius 1 is 1.08 bits per heavy atom. The first-order valence-electron chi connectivity index (χ1n) is 7.98. The number of pyridine rings is 1. The maximum absolute atomic E-state index is 13.3. The van der Waals surface area contributed by atoms with Gasteiger partial charge in [-0.05, 0) is 42.0 Å². The summed E-state index contributed by atoms with van der Waals surface area (Å²) in [5.41, 5.74) is 3.05. The van der Waals surface area contributed by atoms with Crippen molar-refractivity contribution in [2.24, 2.45) is 4.99 Å². The van der Waals surface area contributed by atoms with E-state index in [1.807, 2.05) is 29.2 Å². The number of amidine groups is 1. The highest BCUT2D eigenvalue weighted by Gasteiger charge is 2.27. The largest absolute Gasteiger partial charge is 0.321 e. The summed E-state index contributed by atoms with van der Waals surface area (Å²) in [6, 6.07) is 17.0. The Balaban J connectivity index is 1.77. The Bertz CT molecular complexity index is 1000. The van der Waals surface area contributed by atoms with Crippen molar-refractivity contribution in [3.05, 3.63) is 94.5 Å². The first kappa shape index (κ1) is 16.4. The fourth-order valence-electron chi connectivity index (χ4n) is 2.89. The minimum atomic E-state index is -0.409. The van der Waals surface area contributed by atoms with Crippen molar-refractivity contribution in [2.75, 3.05) is 4.90 Å². The van der Waals surface area contributed by atoms with E-state index >= 15 is 0 Å². The lowest BCUT2D eigenvalue weighted by atomic mass is 10.1.